The van der Waals surface area contributed by atoms with Gasteiger partial charge in [-0.2, -0.15) is 5.10 Å². The average molecular weight is 244 g/mol. The fourth-order valence-electron chi connectivity index (χ4n) is 2.76. The Morgan fingerprint density at radius 3 is 2.94 bits per heavy atom. The van der Waals surface area contributed by atoms with Crippen LogP contribution in [0.5, 0.6) is 0 Å². The van der Waals surface area contributed by atoms with Crippen LogP contribution < -0.4 is 5.32 Å². The maximum atomic E-state index is 4.72. The van der Waals surface area contributed by atoms with Gasteiger partial charge < -0.3 is 5.32 Å². The van der Waals surface area contributed by atoms with Gasteiger partial charge in [0.25, 0.3) is 0 Å². The lowest BCUT2D eigenvalue weighted by atomic mass is 10.0. The average Bonchev–Trinajstić information content (AvgIpc) is 3.03. The second-order valence-corrected chi connectivity index (χ2v) is 5.13. The highest BCUT2D eigenvalue weighted by Crippen LogP contribution is 2.32. The van der Waals surface area contributed by atoms with Crippen LogP contribution in [0.2, 0.25) is 0 Å². The number of aromatic nitrogens is 3. The second-order valence-electron chi connectivity index (χ2n) is 5.13. The van der Waals surface area contributed by atoms with Crippen molar-refractivity contribution in [3.63, 3.8) is 0 Å². The molecular weight excluding hydrogens is 224 g/mol. The molecule has 1 aliphatic rings. The minimum atomic E-state index is 0.664. The van der Waals surface area contributed by atoms with E-state index in [1.807, 2.05) is 11.6 Å². The number of fused-ring (bicyclic) bond motifs is 1. The van der Waals surface area contributed by atoms with Crippen LogP contribution in [-0.4, -0.2) is 28.2 Å². The third-order valence-electron chi connectivity index (χ3n) is 3.80. The zero-order valence-corrected chi connectivity index (χ0v) is 10.9. The van der Waals surface area contributed by atoms with E-state index >= 15 is 0 Å². The van der Waals surface area contributed by atoms with Gasteiger partial charge in [0.15, 0.2) is 5.65 Å². The minimum Gasteiger partial charge on any atom is -0.319 e. The molecule has 96 valence electrons. The van der Waals surface area contributed by atoms with Gasteiger partial charge in [-0.3, -0.25) is 0 Å². The molecule has 2 aromatic heterocycles. The Hall–Kier alpha value is -1.42. The Labute approximate surface area is 107 Å². The van der Waals surface area contributed by atoms with Gasteiger partial charge in [0, 0.05) is 18.9 Å². The van der Waals surface area contributed by atoms with Gasteiger partial charge >= 0.3 is 0 Å². The van der Waals surface area contributed by atoms with Gasteiger partial charge in [-0.25, -0.2) is 9.50 Å². The quantitative estimate of drug-likeness (QED) is 0.896. The van der Waals surface area contributed by atoms with Crippen molar-refractivity contribution in [1.29, 1.82) is 0 Å². The van der Waals surface area contributed by atoms with E-state index in [0.29, 0.717) is 5.92 Å². The number of likely N-dealkylation sites (N-methyl/N-ethyl adjacent to an activating group) is 1. The summed E-state index contributed by atoms with van der Waals surface area (Å²) in [6.07, 6.45) is 8.30. The summed E-state index contributed by atoms with van der Waals surface area (Å²) in [6, 6.07) is 4.25. The fraction of sp³-hybridized carbons (Fsp3) is 0.571. The van der Waals surface area contributed by atoms with Gasteiger partial charge in [0.1, 0.15) is 0 Å². The predicted octanol–water partition coefficient (Wildman–Crippen LogP) is 2.15. The molecule has 0 unspecified atom stereocenters. The Bertz CT molecular complexity index is 526. The molecule has 2 aromatic rings. The lowest BCUT2D eigenvalue weighted by molar-refractivity contribution is 0.671. The Kier molecular flexibility index (Phi) is 3.28. The van der Waals surface area contributed by atoms with E-state index in [1.165, 1.54) is 31.4 Å². The normalized spacial score (nSPS) is 16.7. The van der Waals surface area contributed by atoms with Crippen LogP contribution in [0.4, 0.5) is 0 Å². The third-order valence-corrected chi connectivity index (χ3v) is 3.80. The van der Waals surface area contributed by atoms with Crippen LogP contribution in [0.3, 0.4) is 0 Å². The predicted molar refractivity (Wildman–Crippen MR) is 71.8 cm³/mol. The highest BCUT2D eigenvalue weighted by molar-refractivity contribution is 5.39. The van der Waals surface area contributed by atoms with Crippen LogP contribution in [0.25, 0.3) is 5.65 Å². The minimum absolute atomic E-state index is 0.664. The van der Waals surface area contributed by atoms with Gasteiger partial charge in [-0.15, -0.1) is 0 Å². The number of nitrogens with one attached hydrogen (secondary N) is 1. The molecule has 2 heterocycles. The van der Waals surface area contributed by atoms with Crippen LogP contribution in [-0.2, 0) is 6.42 Å². The van der Waals surface area contributed by atoms with Crippen molar-refractivity contribution in [3.05, 3.63) is 29.7 Å². The third kappa shape index (κ3) is 2.25. The van der Waals surface area contributed by atoms with Crippen molar-refractivity contribution in [2.45, 2.75) is 38.0 Å². The summed E-state index contributed by atoms with van der Waals surface area (Å²) in [5.74, 6) is 0.664. The molecule has 3 rings (SSSR count). The maximum Gasteiger partial charge on any atom is 0.153 e. The molecule has 4 heteroatoms. The van der Waals surface area contributed by atoms with Crippen molar-refractivity contribution in [2.75, 3.05) is 13.6 Å². The summed E-state index contributed by atoms with van der Waals surface area (Å²) in [7, 11) is 1.96. The topological polar surface area (TPSA) is 42.2 Å². The molecule has 0 bridgehead atoms. The molecular formula is C14H20N4. The van der Waals surface area contributed by atoms with E-state index in [4.69, 9.17) is 5.10 Å². The zero-order valence-electron chi connectivity index (χ0n) is 10.9. The zero-order chi connectivity index (χ0) is 12.4. The molecule has 1 fully saturated rings. The van der Waals surface area contributed by atoms with Gasteiger partial charge in [-0.05, 0) is 32.0 Å². The molecule has 0 atom stereocenters. The van der Waals surface area contributed by atoms with Gasteiger partial charge in [0.05, 0.1) is 17.6 Å². The lowest BCUT2D eigenvalue weighted by Crippen LogP contribution is -2.10. The molecule has 0 saturated heterocycles. The van der Waals surface area contributed by atoms with Crippen molar-refractivity contribution < 1.29 is 0 Å². The first-order valence-corrected chi connectivity index (χ1v) is 6.86. The first-order chi connectivity index (χ1) is 8.86. The Morgan fingerprint density at radius 1 is 1.33 bits per heavy atom. The Balaban J connectivity index is 1.86. The molecule has 1 aliphatic carbocycles. The van der Waals surface area contributed by atoms with Crippen LogP contribution in [0.15, 0.2) is 18.3 Å². The Morgan fingerprint density at radius 2 is 2.17 bits per heavy atom. The molecule has 1 saturated carbocycles. The molecule has 0 radical (unpaired) electrons. The van der Waals surface area contributed by atoms with E-state index in [-0.39, 0.29) is 0 Å². The van der Waals surface area contributed by atoms with E-state index < -0.39 is 0 Å². The molecule has 0 spiro atoms. The summed E-state index contributed by atoms with van der Waals surface area (Å²) in [4.78, 5) is 4.58. The van der Waals surface area contributed by atoms with Crippen LogP contribution >= 0.6 is 0 Å². The second kappa shape index (κ2) is 5.06. The summed E-state index contributed by atoms with van der Waals surface area (Å²) < 4.78 is 1.94. The highest BCUT2D eigenvalue weighted by Gasteiger charge is 2.18. The largest absolute Gasteiger partial charge is 0.319 e. The molecule has 0 aromatic carbocycles. The molecule has 4 nitrogen and oxygen atoms in total. The first kappa shape index (κ1) is 11.7. The molecule has 1 N–H and O–H groups in total. The SMILES string of the molecule is CNCCc1cn2nc(C3CCCC3)ccc2n1. The summed E-state index contributed by atoms with van der Waals surface area (Å²) in [5, 5.41) is 7.87. The van der Waals surface area contributed by atoms with Crippen molar-refractivity contribution >= 4 is 5.65 Å². The smallest absolute Gasteiger partial charge is 0.153 e. The first-order valence-electron chi connectivity index (χ1n) is 6.86. The van der Waals surface area contributed by atoms with Gasteiger partial charge in [-0.1, -0.05) is 12.8 Å². The van der Waals surface area contributed by atoms with Crippen LogP contribution in [0, 0.1) is 0 Å². The molecule has 18 heavy (non-hydrogen) atoms. The monoisotopic (exact) mass is 244 g/mol. The van der Waals surface area contributed by atoms with E-state index in [1.54, 1.807) is 0 Å². The summed E-state index contributed by atoms with van der Waals surface area (Å²) in [6.45, 7) is 0.958. The van der Waals surface area contributed by atoms with Crippen molar-refractivity contribution in [2.24, 2.45) is 0 Å². The van der Waals surface area contributed by atoms with Gasteiger partial charge in [0.2, 0.25) is 0 Å². The molecule has 0 amide bonds. The summed E-state index contributed by atoms with van der Waals surface area (Å²) in [5.41, 5.74) is 3.31. The van der Waals surface area contributed by atoms with E-state index in [2.05, 4.69) is 28.6 Å². The van der Waals surface area contributed by atoms with E-state index in [0.717, 1.165) is 24.3 Å². The van der Waals surface area contributed by atoms with Crippen LogP contribution in [0.1, 0.15) is 43.0 Å². The number of nitrogens with zero attached hydrogens (tertiary/aromatic N) is 3. The standard InChI is InChI=1S/C14H20N4/c1-15-9-8-12-10-18-14(16-12)7-6-13(17-18)11-4-2-3-5-11/h6-7,10-11,15H,2-5,8-9H2,1H3. The lowest BCUT2D eigenvalue weighted by Gasteiger charge is -2.07. The molecule has 0 aliphatic heterocycles. The number of hydrogen-bond acceptors (Lipinski definition) is 3. The van der Waals surface area contributed by atoms with Crippen molar-refractivity contribution in [3.8, 4) is 0 Å². The van der Waals surface area contributed by atoms with E-state index in [9.17, 15) is 0 Å². The fourth-order valence-corrected chi connectivity index (χ4v) is 2.76. The van der Waals surface area contributed by atoms with Crippen molar-refractivity contribution in [1.82, 2.24) is 19.9 Å². The number of imidazole rings is 1. The number of hydrogen-bond donors (Lipinski definition) is 1. The maximum absolute atomic E-state index is 4.72. The number of rotatable bonds is 4. The summed E-state index contributed by atoms with van der Waals surface area (Å²) >= 11 is 0. The highest BCUT2D eigenvalue weighted by atomic mass is 15.2.